The van der Waals surface area contributed by atoms with E-state index in [1.807, 2.05) is 18.2 Å². The van der Waals surface area contributed by atoms with Gasteiger partial charge in [0, 0.05) is 30.3 Å². The van der Waals surface area contributed by atoms with Crippen LogP contribution in [0.5, 0.6) is 0 Å². The molecule has 0 spiro atoms. The van der Waals surface area contributed by atoms with E-state index in [1.165, 1.54) is 24.3 Å². The van der Waals surface area contributed by atoms with Crippen LogP contribution < -0.4 is 5.32 Å². The molecule has 2 aliphatic rings. The number of likely N-dealkylation sites (tertiary alicyclic amines) is 1. The van der Waals surface area contributed by atoms with E-state index >= 15 is 0 Å². The van der Waals surface area contributed by atoms with E-state index in [-0.39, 0.29) is 23.5 Å². The van der Waals surface area contributed by atoms with Gasteiger partial charge < -0.3 is 14.6 Å². The van der Waals surface area contributed by atoms with Gasteiger partial charge in [-0.15, -0.1) is 0 Å². The lowest BCUT2D eigenvalue weighted by molar-refractivity contribution is -0.121. The molecule has 7 heteroatoms. The summed E-state index contributed by atoms with van der Waals surface area (Å²) in [7, 11) is 0. The minimum absolute atomic E-state index is 0.114. The van der Waals surface area contributed by atoms with E-state index in [1.54, 1.807) is 4.90 Å². The Morgan fingerprint density at radius 1 is 1.10 bits per heavy atom. The fourth-order valence-electron chi connectivity index (χ4n) is 3.92. The summed E-state index contributed by atoms with van der Waals surface area (Å²) < 4.78 is 18.9. The third-order valence-corrected chi connectivity index (χ3v) is 5.77. The molecule has 2 amide bonds. The van der Waals surface area contributed by atoms with Gasteiger partial charge >= 0.3 is 0 Å². The molecule has 30 heavy (non-hydrogen) atoms. The molecule has 5 rings (SSSR count). The molecule has 1 saturated heterocycles. The lowest BCUT2D eigenvalue weighted by atomic mass is 9.96. The number of oxazole rings is 1. The molecule has 0 radical (unpaired) electrons. The average molecular weight is 407 g/mol. The van der Waals surface area contributed by atoms with Crippen LogP contribution in [0.2, 0.25) is 0 Å². The topological polar surface area (TPSA) is 75.4 Å². The van der Waals surface area contributed by atoms with E-state index in [9.17, 15) is 14.0 Å². The summed E-state index contributed by atoms with van der Waals surface area (Å²) in [5.74, 6) is 0.243. The summed E-state index contributed by atoms with van der Waals surface area (Å²) in [6.45, 7) is 0.939. The van der Waals surface area contributed by atoms with Crippen LogP contribution in [0.1, 0.15) is 47.8 Å². The number of halogens is 1. The quantitative estimate of drug-likeness (QED) is 0.698. The first-order valence-corrected chi connectivity index (χ1v) is 10.3. The van der Waals surface area contributed by atoms with Crippen LogP contribution in [0, 0.1) is 11.7 Å². The predicted molar refractivity (Wildman–Crippen MR) is 110 cm³/mol. The number of fused-ring (bicyclic) bond motifs is 1. The number of amides is 2. The van der Waals surface area contributed by atoms with Crippen molar-refractivity contribution in [3.05, 3.63) is 59.7 Å². The number of anilines is 1. The van der Waals surface area contributed by atoms with Gasteiger partial charge in [0.15, 0.2) is 11.5 Å². The third kappa shape index (κ3) is 3.79. The zero-order chi connectivity index (χ0) is 20.7. The lowest BCUT2D eigenvalue weighted by Crippen LogP contribution is -2.43. The van der Waals surface area contributed by atoms with Gasteiger partial charge in [0.05, 0.1) is 5.92 Å². The SMILES string of the molecule is O=C(Nc1ccc2oc(C3CC3)nc2c1)C1CCCN(C(=O)c2ccc(F)cc2)C1. The molecular formula is C23H22FN3O3. The molecule has 2 fully saturated rings. The Morgan fingerprint density at radius 3 is 2.67 bits per heavy atom. The van der Waals surface area contributed by atoms with Crippen LogP contribution in [-0.2, 0) is 4.79 Å². The van der Waals surface area contributed by atoms with Crippen molar-refractivity contribution in [1.82, 2.24) is 9.88 Å². The molecule has 154 valence electrons. The summed E-state index contributed by atoms with van der Waals surface area (Å²) in [5, 5.41) is 2.96. The number of nitrogens with zero attached hydrogens (tertiary/aromatic N) is 2. The second kappa shape index (κ2) is 7.55. The Hall–Kier alpha value is -3.22. The monoisotopic (exact) mass is 407 g/mol. The van der Waals surface area contributed by atoms with Crippen LogP contribution in [0.15, 0.2) is 46.9 Å². The minimum atomic E-state index is -0.379. The number of hydrogen-bond acceptors (Lipinski definition) is 4. The summed E-state index contributed by atoms with van der Waals surface area (Å²) in [6, 6.07) is 11.0. The molecule has 6 nitrogen and oxygen atoms in total. The predicted octanol–water partition coefficient (Wildman–Crippen LogP) is 4.34. The summed E-state index contributed by atoms with van der Waals surface area (Å²) >= 11 is 0. The molecule has 0 bridgehead atoms. The fourth-order valence-corrected chi connectivity index (χ4v) is 3.92. The Balaban J connectivity index is 1.25. The summed E-state index contributed by atoms with van der Waals surface area (Å²) in [5.41, 5.74) is 2.57. The van der Waals surface area contributed by atoms with Gasteiger partial charge in [0.25, 0.3) is 5.91 Å². The van der Waals surface area contributed by atoms with Crippen molar-refractivity contribution in [3.63, 3.8) is 0 Å². The van der Waals surface area contributed by atoms with Gasteiger partial charge in [-0.3, -0.25) is 9.59 Å². The first kappa shape index (κ1) is 18.8. The highest BCUT2D eigenvalue weighted by Gasteiger charge is 2.30. The molecule has 1 unspecified atom stereocenters. The van der Waals surface area contributed by atoms with E-state index in [4.69, 9.17) is 4.42 Å². The minimum Gasteiger partial charge on any atom is -0.440 e. The van der Waals surface area contributed by atoms with Crippen molar-refractivity contribution in [2.75, 3.05) is 18.4 Å². The first-order valence-electron chi connectivity index (χ1n) is 10.3. The maximum Gasteiger partial charge on any atom is 0.253 e. The normalized spacial score (nSPS) is 19.1. The molecule has 1 atom stereocenters. The van der Waals surface area contributed by atoms with Crippen molar-refractivity contribution in [2.24, 2.45) is 5.92 Å². The molecule has 2 aromatic carbocycles. The van der Waals surface area contributed by atoms with Crippen molar-refractivity contribution in [1.29, 1.82) is 0 Å². The van der Waals surface area contributed by atoms with Crippen LogP contribution in [0.25, 0.3) is 11.1 Å². The second-order valence-electron chi connectivity index (χ2n) is 8.10. The zero-order valence-corrected chi connectivity index (χ0v) is 16.4. The Kier molecular flexibility index (Phi) is 4.73. The molecule has 1 aliphatic carbocycles. The number of benzene rings is 2. The lowest BCUT2D eigenvalue weighted by Gasteiger charge is -2.32. The van der Waals surface area contributed by atoms with Crippen molar-refractivity contribution < 1.29 is 18.4 Å². The zero-order valence-electron chi connectivity index (χ0n) is 16.4. The summed E-state index contributed by atoms with van der Waals surface area (Å²) in [6.07, 6.45) is 3.70. The highest BCUT2D eigenvalue weighted by molar-refractivity contribution is 5.97. The standard InChI is InChI=1S/C23H22FN3O3/c24-17-7-5-15(6-8-17)23(29)27-11-1-2-16(13-27)21(28)25-18-9-10-20-19(12-18)26-22(30-20)14-3-4-14/h5-10,12,14,16H,1-4,11,13H2,(H,25,28). The van der Waals surface area contributed by atoms with E-state index in [0.717, 1.165) is 42.7 Å². The van der Waals surface area contributed by atoms with Crippen molar-refractivity contribution >= 4 is 28.6 Å². The van der Waals surface area contributed by atoms with Gasteiger partial charge in [0.2, 0.25) is 5.91 Å². The fraction of sp³-hybridized carbons (Fsp3) is 0.348. The molecule has 1 saturated carbocycles. The Morgan fingerprint density at radius 2 is 1.90 bits per heavy atom. The number of aromatic nitrogens is 1. The molecule has 1 aromatic heterocycles. The van der Waals surface area contributed by atoms with Crippen LogP contribution in [0.3, 0.4) is 0 Å². The third-order valence-electron chi connectivity index (χ3n) is 5.77. The van der Waals surface area contributed by atoms with Crippen LogP contribution in [0.4, 0.5) is 10.1 Å². The van der Waals surface area contributed by atoms with Gasteiger partial charge in [-0.25, -0.2) is 9.37 Å². The molecule has 1 N–H and O–H groups in total. The highest BCUT2D eigenvalue weighted by Crippen LogP contribution is 2.40. The van der Waals surface area contributed by atoms with Gasteiger partial charge in [0.1, 0.15) is 11.3 Å². The molecule has 2 heterocycles. The Labute approximate surface area is 173 Å². The van der Waals surface area contributed by atoms with Gasteiger partial charge in [-0.05, 0) is 68.1 Å². The number of carbonyl (C=O) groups excluding carboxylic acids is 2. The first-order chi connectivity index (χ1) is 14.6. The Bertz CT molecular complexity index is 1100. The van der Waals surface area contributed by atoms with Gasteiger partial charge in [-0.1, -0.05) is 0 Å². The summed E-state index contributed by atoms with van der Waals surface area (Å²) in [4.78, 5) is 31.7. The number of carbonyl (C=O) groups is 2. The maximum absolute atomic E-state index is 13.1. The maximum atomic E-state index is 13.1. The largest absolute Gasteiger partial charge is 0.440 e. The molecular weight excluding hydrogens is 385 g/mol. The second-order valence-corrected chi connectivity index (χ2v) is 8.10. The van der Waals surface area contributed by atoms with E-state index in [2.05, 4.69) is 10.3 Å². The van der Waals surface area contributed by atoms with Crippen LogP contribution >= 0.6 is 0 Å². The van der Waals surface area contributed by atoms with Crippen molar-refractivity contribution in [2.45, 2.75) is 31.6 Å². The number of hydrogen-bond donors (Lipinski definition) is 1. The number of rotatable bonds is 4. The van der Waals surface area contributed by atoms with E-state index < -0.39 is 0 Å². The van der Waals surface area contributed by atoms with Crippen molar-refractivity contribution in [3.8, 4) is 0 Å². The van der Waals surface area contributed by atoms with Gasteiger partial charge in [-0.2, -0.15) is 0 Å². The molecule has 3 aromatic rings. The average Bonchev–Trinajstić information content (AvgIpc) is 3.53. The number of nitrogens with one attached hydrogen (secondary N) is 1. The number of piperidine rings is 1. The van der Waals surface area contributed by atoms with Crippen LogP contribution in [-0.4, -0.2) is 34.8 Å². The highest BCUT2D eigenvalue weighted by atomic mass is 19.1. The molecule has 1 aliphatic heterocycles. The smallest absolute Gasteiger partial charge is 0.253 e. The van der Waals surface area contributed by atoms with E-state index in [0.29, 0.717) is 30.3 Å².